The summed E-state index contributed by atoms with van der Waals surface area (Å²) in [7, 11) is 100. The van der Waals surface area contributed by atoms with Gasteiger partial charge in [-0.05, 0) is 138 Å². The molecular formula is C71H106B32N22O9. The lowest BCUT2D eigenvalue weighted by atomic mass is 8.33. The maximum absolute atomic E-state index is 12.7. The number of ketones is 1. The van der Waals surface area contributed by atoms with Gasteiger partial charge in [0.05, 0.1) is 13.0 Å². The Morgan fingerprint density at radius 1 is 0.403 bits per heavy atom. The summed E-state index contributed by atoms with van der Waals surface area (Å²) >= 11 is 0. The van der Waals surface area contributed by atoms with Crippen molar-refractivity contribution in [2.75, 3.05) is 117 Å². The molecule has 0 aromatic carbocycles. The molecule has 6 heterocycles. The van der Waals surface area contributed by atoms with Gasteiger partial charge in [-0.3, -0.25) is 53.3 Å². The topological polar surface area (TPSA) is 432 Å². The summed E-state index contributed by atoms with van der Waals surface area (Å²) in [6.07, 6.45) is 12.4. The maximum Gasteiger partial charge on any atom is 0.306 e. The summed E-state index contributed by atoms with van der Waals surface area (Å²) in [4.78, 5) is 134. The first-order chi connectivity index (χ1) is 63.4. The molecular weight excluding hydrogens is 1650 g/mol. The predicted molar refractivity (Wildman–Crippen MR) is 581 cm³/mol. The molecule has 6 aromatic heterocycles. The van der Waals surface area contributed by atoms with E-state index in [-0.39, 0.29) is 80.9 Å². The third kappa shape index (κ3) is 52.5. The number of nitrogens with one attached hydrogen (secondary N) is 12. The van der Waals surface area contributed by atoms with E-state index in [2.05, 4.69) is 115 Å². The van der Waals surface area contributed by atoms with E-state index in [4.69, 9.17) is 142 Å². The van der Waals surface area contributed by atoms with Crippen LogP contribution in [0.5, 0.6) is 0 Å². The molecule has 0 unspecified atom stereocenters. The molecule has 0 aliphatic heterocycles. The Balaban J connectivity index is 0.000000880. The van der Waals surface area contributed by atoms with Gasteiger partial charge in [0.1, 0.15) is 39.7 Å². The Bertz CT molecular complexity index is 4300. The van der Waals surface area contributed by atoms with E-state index in [1.54, 1.807) is 58.0 Å². The van der Waals surface area contributed by atoms with E-state index in [0.717, 1.165) is 49.7 Å². The lowest BCUT2D eigenvalue weighted by molar-refractivity contribution is -0.155. The Kier molecular flexibility index (Phi) is 65.9. The summed E-state index contributed by atoms with van der Waals surface area (Å²) < 4.78 is 5.19. The number of rotatable bonds is 57. The van der Waals surface area contributed by atoms with Crippen LogP contribution in [0.4, 0.5) is 35.3 Å². The van der Waals surface area contributed by atoms with Crippen LogP contribution in [0.15, 0.2) is 105 Å². The number of aromatic nitrogens is 9. The molecule has 6 amide bonds. The zero-order valence-electron chi connectivity index (χ0n) is 77.6. The number of nitrogens with two attached hydrogens (primary N) is 1. The third-order valence-electron chi connectivity index (χ3n) is 19.3. The first-order valence-corrected chi connectivity index (χ1v) is 44.3. The zero-order valence-corrected chi connectivity index (χ0v) is 77.6. The van der Waals surface area contributed by atoms with Crippen molar-refractivity contribution in [3.05, 3.63) is 138 Å². The largest absolute Gasteiger partial charge is 0.460 e. The quantitative estimate of drug-likeness (QED) is 0.00731. The Morgan fingerprint density at radius 2 is 0.694 bits per heavy atom. The minimum atomic E-state index is -0.994. The maximum atomic E-state index is 12.7. The third-order valence-corrected chi connectivity index (χ3v) is 19.3. The summed E-state index contributed by atoms with van der Waals surface area (Å²) in [6.45, 7) is 21.2. The molecule has 63 heteroatoms. The molecule has 134 heavy (non-hydrogen) atoms. The van der Waals surface area contributed by atoms with Gasteiger partial charge in [-0.15, -0.1) is 0 Å². The van der Waals surface area contributed by atoms with Crippen molar-refractivity contribution in [1.29, 1.82) is 0 Å². The number of hydrogen-bond donors (Lipinski definition) is 13. The number of hydrogen-bond acceptors (Lipinski definition) is 25. The molecule has 14 N–H and O–H groups in total. The van der Waals surface area contributed by atoms with Crippen LogP contribution in [0.25, 0.3) is 0 Å². The molecule has 6 aromatic rings. The van der Waals surface area contributed by atoms with Crippen molar-refractivity contribution in [1.82, 2.24) is 76.8 Å². The molecule has 36 radical (unpaired) electrons. The molecule has 0 saturated heterocycles. The molecule has 6 rings (SSSR count). The molecule has 0 spiro atoms. The van der Waals surface area contributed by atoms with Gasteiger partial charge in [-0.1, -0.05) is 34.8 Å². The normalized spacial score (nSPS) is 10.1. The lowest BCUT2D eigenvalue weighted by Crippen LogP contribution is -2.86. The van der Waals surface area contributed by atoms with Crippen molar-refractivity contribution in [2.24, 2.45) is 5.73 Å². The van der Waals surface area contributed by atoms with Gasteiger partial charge < -0.3 is 74.3 Å². The van der Waals surface area contributed by atoms with Crippen LogP contribution in [-0.4, -0.2) is 411 Å². The first-order valence-electron chi connectivity index (χ1n) is 44.3. The highest BCUT2D eigenvalue weighted by Crippen LogP contribution is 2.20. The van der Waals surface area contributed by atoms with Crippen LogP contribution in [0, 0.1) is 0 Å². The molecule has 0 aliphatic rings. The molecule has 0 bridgehead atoms. The zero-order chi connectivity index (χ0) is 99.2. The van der Waals surface area contributed by atoms with Crippen molar-refractivity contribution < 1.29 is 43.1 Å². The Hall–Kier alpha value is -8.77. The number of pyridine rings is 3. The Labute approximate surface area is 824 Å². The van der Waals surface area contributed by atoms with E-state index in [0.29, 0.717) is 150 Å². The van der Waals surface area contributed by atoms with Gasteiger partial charge in [0.25, 0.3) is 17.7 Å². The fourth-order valence-electron chi connectivity index (χ4n) is 12.7. The van der Waals surface area contributed by atoms with Gasteiger partial charge in [-0.25, -0.2) is 15.0 Å². The van der Waals surface area contributed by atoms with Crippen LogP contribution < -0.4 is 69.5 Å². The van der Waals surface area contributed by atoms with Crippen LogP contribution in [0.3, 0.4) is 0 Å². The number of carbonyl (C=O) groups is 8. The molecule has 31 nitrogen and oxygen atoms in total. The van der Waals surface area contributed by atoms with E-state index < -0.39 is 94.6 Å². The summed E-state index contributed by atoms with van der Waals surface area (Å²) in [6, 6.07) is 11.8. The number of esters is 1. The molecule has 0 fully saturated rings. The van der Waals surface area contributed by atoms with Gasteiger partial charge in [0.2, 0.25) is 35.6 Å². The second-order valence-corrected chi connectivity index (χ2v) is 31.5. The summed E-state index contributed by atoms with van der Waals surface area (Å²) in [5.74, 6) is 0.731. The SMILES string of the molecule is C.C=CC(=O)CCC(=O)NCCCNC(=O)c1cnc(NCCc2ccncc2)nc1NCCC.CCCNc1nc(NCCc2ccncc2)ncc1C(=O)NCCCNC(=O)CCC(=O)OC(C)(C)C.CCCNc1nc(NCCc2ccncc2)ncc1C(=O)NCCCNC(=O)CN.[B][B]B([B])B(B(B([B])[B])B([B])[B])B(B(B([B])[B])B([B])[B])B(B([B])[B])B([B])[B].[B][B]B([B])[B]. The van der Waals surface area contributed by atoms with Gasteiger partial charge >= 0.3 is 5.97 Å². The molecule has 0 saturated carbocycles. The number of allylic oxidation sites excluding steroid dienone is 1. The Morgan fingerprint density at radius 3 is 0.963 bits per heavy atom. The first kappa shape index (κ1) is 123. The number of ether oxygens (including phenoxy) is 1. The average Bonchev–Trinajstić information content (AvgIpc) is 0.773. The van der Waals surface area contributed by atoms with Gasteiger partial charge in [0.15, 0.2) is 5.78 Å². The average molecular weight is 1760 g/mol. The van der Waals surface area contributed by atoms with Gasteiger partial charge in [0, 0.05) is 382 Å². The molecule has 0 aliphatic carbocycles. The molecule has 650 valence electrons. The van der Waals surface area contributed by atoms with Crippen molar-refractivity contribution >= 4 is 311 Å². The second-order valence-electron chi connectivity index (χ2n) is 31.5. The summed E-state index contributed by atoms with van der Waals surface area (Å²) in [5, 5.41) is 35.8. The van der Waals surface area contributed by atoms with Crippen molar-refractivity contribution in [3.8, 4) is 0 Å². The van der Waals surface area contributed by atoms with E-state index in [1.165, 1.54) is 44.4 Å². The van der Waals surface area contributed by atoms with E-state index in [1.807, 2.05) is 57.2 Å². The lowest BCUT2D eigenvalue weighted by Gasteiger charge is -2.48. The van der Waals surface area contributed by atoms with Crippen molar-refractivity contribution in [3.63, 3.8) is 0 Å². The standard InChI is InChI=1S/C26H39N7O4.C24H33N7O3.C20H30N8O2.CH4.B27.B5/c1-5-12-29-23-20(18-32-25(33-23)31-17-11-19-9-15-27-16-10-19)24(36)30-14-6-13-28-21(34)7-8-22(35)37-26(2,3)4;1-3-11-27-22-20(17-30-24(31-22)29-16-10-18-8-14-25-15-9-18)23(34)28-13-5-12-26-21(33)7-6-19(32)4-2;1-2-7-24-18-16(19(30)25-9-3-8-23-17(29)13-21)14-27-20(28-18)26-12-6-15-4-10-22-11-5-15;;1-15-22(14)26(23(16(2)3)17(4)5)27(24(18(6)7)19(8)9)25(20(10)11)21(12)13;1-4-5(2)3/h9-10,15-16,18H,5-8,11-14,17H2,1-4H3,(H,28,34)(H,30,36)(H2,29,31,32,33);4,8-9,14-15,17H,2-3,5-7,10-13,16H2,1H3,(H,26,33)(H,28,34)(H2,27,29,30,31);4-5,10-11,14H,2-3,6-9,12-13,21H2,1H3,(H,23,29)(H,25,30)(H2,24,26,27,28);1H4;;. The number of amides is 6. The van der Waals surface area contributed by atoms with Crippen molar-refractivity contribution in [2.45, 2.75) is 138 Å². The monoisotopic (exact) mass is 1760 g/mol. The highest BCUT2D eigenvalue weighted by molar-refractivity contribution is 8.25. The van der Waals surface area contributed by atoms with Crippen LogP contribution in [-0.2, 0) is 48.0 Å². The number of nitrogens with zero attached hydrogens (tertiary/aromatic N) is 9. The highest BCUT2D eigenvalue weighted by atomic mass is 16.6. The number of carbonyl (C=O) groups excluding carboxylic acids is 8. The molecule has 0 atom stereocenters. The van der Waals surface area contributed by atoms with Gasteiger partial charge in [-0.2, -0.15) is 15.0 Å². The predicted octanol–water partition coefficient (Wildman–Crippen LogP) is -6.18. The van der Waals surface area contributed by atoms with Crippen LogP contribution in [0.2, 0.25) is 0 Å². The highest BCUT2D eigenvalue weighted by Gasteiger charge is 2.50. The minimum absolute atomic E-state index is 0. The summed E-state index contributed by atoms with van der Waals surface area (Å²) in [5.41, 5.74) is 9.24. The van der Waals surface area contributed by atoms with E-state index in [9.17, 15) is 38.4 Å². The van der Waals surface area contributed by atoms with Crippen LogP contribution in [0.1, 0.15) is 161 Å². The fourth-order valence-corrected chi connectivity index (χ4v) is 12.7. The van der Waals surface area contributed by atoms with E-state index >= 15 is 0 Å². The fraction of sp³-hybridized carbons (Fsp3) is 0.479. The minimum Gasteiger partial charge on any atom is -0.460 e. The second kappa shape index (κ2) is 71.7. The van der Waals surface area contributed by atoms with Crippen LogP contribution >= 0.6 is 0 Å². The number of anilines is 6. The smallest absolute Gasteiger partial charge is 0.306 e.